The lowest BCUT2D eigenvalue weighted by atomic mass is 10.1. The minimum Gasteiger partial charge on any atom is -0.252 e. The van der Waals surface area contributed by atoms with Gasteiger partial charge in [0.1, 0.15) is 12.7 Å². The highest BCUT2D eigenvalue weighted by Gasteiger charge is 2.20. The van der Waals surface area contributed by atoms with Crippen molar-refractivity contribution in [3.8, 4) is 0 Å². The molecule has 2 rings (SSSR count). The van der Waals surface area contributed by atoms with Crippen LogP contribution in [-0.2, 0) is 0 Å². The molecular formula is C13H15N2+. The Bertz CT molecular complexity index is 403. The lowest BCUT2D eigenvalue weighted by Crippen LogP contribution is -2.36. The second-order valence-corrected chi connectivity index (χ2v) is 4.04. The van der Waals surface area contributed by atoms with Gasteiger partial charge in [0.2, 0.25) is 0 Å². The van der Waals surface area contributed by atoms with E-state index in [1.807, 2.05) is 30.7 Å². The molecule has 0 fully saturated rings. The number of aliphatic imine (C=N–C) groups is 1. The number of rotatable bonds is 3. The minimum atomic E-state index is 0.702. The van der Waals surface area contributed by atoms with E-state index in [0.717, 1.165) is 12.1 Å². The average molecular weight is 199 g/mol. The van der Waals surface area contributed by atoms with Crippen molar-refractivity contribution in [3.63, 3.8) is 0 Å². The van der Waals surface area contributed by atoms with Gasteiger partial charge >= 0.3 is 0 Å². The topological polar surface area (TPSA) is 12.4 Å². The highest BCUT2D eigenvalue weighted by Crippen LogP contribution is 2.18. The molecule has 0 bridgehead atoms. The Morgan fingerprint density at radius 3 is 2.67 bits per heavy atom. The minimum absolute atomic E-state index is 0.702. The van der Waals surface area contributed by atoms with Crippen LogP contribution < -0.4 is 0 Å². The van der Waals surface area contributed by atoms with E-state index in [4.69, 9.17) is 0 Å². The van der Waals surface area contributed by atoms with Crippen LogP contribution >= 0.6 is 0 Å². The second kappa shape index (κ2) is 3.83. The van der Waals surface area contributed by atoms with Crippen LogP contribution in [0.1, 0.15) is 5.56 Å². The number of hydrogen-bond acceptors (Lipinski definition) is 1. The second-order valence-electron chi connectivity index (χ2n) is 4.04. The fourth-order valence-electron chi connectivity index (χ4n) is 1.69. The van der Waals surface area contributed by atoms with Gasteiger partial charge < -0.3 is 0 Å². The molecule has 1 unspecified atom stereocenters. The highest BCUT2D eigenvalue weighted by molar-refractivity contribution is 5.65. The van der Waals surface area contributed by atoms with Crippen molar-refractivity contribution in [2.75, 3.05) is 13.6 Å². The van der Waals surface area contributed by atoms with Crippen molar-refractivity contribution in [1.82, 2.24) is 0 Å². The third kappa shape index (κ3) is 2.22. The Balaban J connectivity index is 2.11. The van der Waals surface area contributed by atoms with Gasteiger partial charge in [-0.3, -0.25) is 4.48 Å². The van der Waals surface area contributed by atoms with Gasteiger partial charge in [0.15, 0.2) is 6.34 Å². The summed E-state index contributed by atoms with van der Waals surface area (Å²) in [4.78, 5) is 4.11. The molecule has 2 nitrogen and oxygen atoms in total. The van der Waals surface area contributed by atoms with Crippen LogP contribution in [0.5, 0.6) is 0 Å². The van der Waals surface area contributed by atoms with Gasteiger partial charge in [0.05, 0.1) is 13.2 Å². The largest absolute Gasteiger partial charge is 0.252 e. The molecule has 1 heterocycles. The van der Waals surface area contributed by atoms with Gasteiger partial charge in [-0.25, -0.2) is 4.99 Å². The maximum absolute atomic E-state index is 4.12. The predicted molar refractivity (Wildman–Crippen MR) is 64.2 cm³/mol. The first-order chi connectivity index (χ1) is 7.20. The molecule has 0 saturated carbocycles. The van der Waals surface area contributed by atoms with Gasteiger partial charge in [-0.2, -0.15) is 0 Å². The number of benzene rings is 1. The lowest BCUT2D eigenvalue weighted by molar-refractivity contribution is -0.747. The molecule has 0 radical (unpaired) electrons. The molecule has 1 aromatic rings. The van der Waals surface area contributed by atoms with Crippen molar-refractivity contribution in [1.29, 1.82) is 0 Å². The Morgan fingerprint density at radius 1 is 1.33 bits per heavy atom. The summed E-state index contributed by atoms with van der Waals surface area (Å²) in [6, 6.07) is 10.3. The maximum atomic E-state index is 4.12. The molecular weight excluding hydrogens is 184 g/mol. The van der Waals surface area contributed by atoms with Crippen molar-refractivity contribution in [2.45, 2.75) is 0 Å². The fraction of sp³-hybridized carbons (Fsp3) is 0.154. The smallest absolute Gasteiger partial charge is 0.194 e. The molecule has 0 aliphatic carbocycles. The van der Waals surface area contributed by atoms with E-state index < -0.39 is 0 Å². The van der Waals surface area contributed by atoms with E-state index in [1.54, 1.807) is 0 Å². The van der Waals surface area contributed by atoms with Gasteiger partial charge in [-0.05, 0) is 5.56 Å². The molecule has 0 N–H and O–H groups in total. The van der Waals surface area contributed by atoms with Gasteiger partial charge in [0.25, 0.3) is 0 Å². The van der Waals surface area contributed by atoms with Crippen LogP contribution in [0.4, 0.5) is 0 Å². The number of quaternary nitrogens is 1. The number of nitrogens with zero attached hydrogens (tertiary/aromatic N) is 2. The Labute approximate surface area is 90.5 Å². The molecule has 1 aliphatic heterocycles. The van der Waals surface area contributed by atoms with Crippen molar-refractivity contribution in [3.05, 3.63) is 54.9 Å². The normalized spacial score (nSPS) is 23.3. The van der Waals surface area contributed by atoms with Crippen LogP contribution in [0.3, 0.4) is 0 Å². The van der Waals surface area contributed by atoms with Crippen LogP contribution in [0.25, 0.3) is 5.57 Å². The summed E-state index contributed by atoms with van der Waals surface area (Å²) < 4.78 is 0.702. The van der Waals surface area contributed by atoms with Crippen LogP contribution in [0.15, 0.2) is 54.3 Å². The van der Waals surface area contributed by atoms with Crippen LogP contribution in [0.2, 0.25) is 0 Å². The summed E-state index contributed by atoms with van der Waals surface area (Å²) in [5, 5.41) is 0. The molecule has 0 aromatic heterocycles. The third-order valence-electron chi connectivity index (χ3n) is 2.54. The monoisotopic (exact) mass is 199 g/mol. The summed E-state index contributed by atoms with van der Waals surface area (Å²) in [6.07, 6.45) is 5.82. The third-order valence-corrected chi connectivity index (χ3v) is 2.54. The van der Waals surface area contributed by atoms with Crippen LogP contribution in [-0.4, -0.2) is 24.4 Å². The van der Waals surface area contributed by atoms with Gasteiger partial charge in [0, 0.05) is 5.57 Å². The van der Waals surface area contributed by atoms with Crippen LogP contribution in [0, 0.1) is 0 Å². The van der Waals surface area contributed by atoms with E-state index in [2.05, 4.69) is 37.0 Å². The molecule has 15 heavy (non-hydrogen) atoms. The molecule has 76 valence electrons. The summed E-state index contributed by atoms with van der Waals surface area (Å²) >= 11 is 0. The van der Waals surface area contributed by atoms with Crippen molar-refractivity contribution < 1.29 is 4.48 Å². The standard InChI is InChI=1S/C13H15N2/c1-12(13-6-4-3-5-7-13)10-15(2)9-8-14-11-15/h3-9,11H,1,10H2,2H3/q+1. The van der Waals surface area contributed by atoms with Gasteiger partial charge in [-0.15, -0.1) is 0 Å². The lowest BCUT2D eigenvalue weighted by Gasteiger charge is -2.22. The zero-order chi connectivity index (χ0) is 10.7. The fourth-order valence-corrected chi connectivity index (χ4v) is 1.69. The van der Waals surface area contributed by atoms with E-state index >= 15 is 0 Å². The zero-order valence-electron chi connectivity index (χ0n) is 8.93. The highest BCUT2D eigenvalue weighted by atomic mass is 15.3. The zero-order valence-corrected chi connectivity index (χ0v) is 8.93. The average Bonchev–Trinajstić information content (AvgIpc) is 2.66. The number of hydrogen-bond donors (Lipinski definition) is 0. The summed E-state index contributed by atoms with van der Waals surface area (Å²) in [5.41, 5.74) is 2.33. The van der Waals surface area contributed by atoms with E-state index in [9.17, 15) is 0 Å². The summed E-state index contributed by atoms with van der Waals surface area (Å²) in [6.45, 7) is 4.99. The van der Waals surface area contributed by atoms with Crippen molar-refractivity contribution >= 4 is 11.9 Å². The Morgan fingerprint density at radius 2 is 2.07 bits per heavy atom. The predicted octanol–water partition coefficient (Wildman–Crippen LogP) is 2.66. The van der Waals surface area contributed by atoms with E-state index in [0.29, 0.717) is 4.48 Å². The first kappa shape index (κ1) is 9.87. The molecule has 0 spiro atoms. The van der Waals surface area contributed by atoms with Crippen molar-refractivity contribution in [2.24, 2.45) is 4.99 Å². The SMILES string of the molecule is C=C(C[N+]1(C)C=CN=C1)c1ccccc1. The molecule has 2 heteroatoms. The van der Waals surface area contributed by atoms with E-state index in [1.165, 1.54) is 5.56 Å². The molecule has 0 amide bonds. The van der Waals surface area contributed by atoms with Gasteiger partial charge in [-0.1, -0.05) is 36.9 Å². The maximum Gasteiger partial charge on any atom is 0.194 e. The Hall–Kier alpha value is -1.67. The first-order valence-electron chi connectivity index (χ1n) is 5.00. The Kier molecular flexibility index (Phi) is 2.52. The molecule has 1 atom stereocenters. The summed E-state index contributed by atoms with van der Waals surface area (Å²) in [7, 11) is 2.11. The first-order valence-corrected chi connectivity index (χ1v) is 5.00. The molecule has 0 saturated heterocycles. The quantitative estimate of drug-likeness (QED) is 0.664. The molecule has 1 aliphatic rings. The molecule has 1 aromatic carbocycles. The number of likely N-dealkylation sites (N-methyl/N-ethyl adjacent to an activating group) is 1. The summed E-state index contributed by atoms with van der Waals surface area (Å²) in [5.74, 6) is 0. The van der Waals surface area contributed by atoms with E-state index in [-0.39, 0.29) is 0 Å².